The molecule has 0 amide bonds. The fourth-order valence-electron chi connectivity index (χ4n) is 1.49. The van der Waals surface area contributed by atoms with Crippen molar-refractivity contribution in [1.29, 1.82) is 0 Å². The Hall–Kier alpha value is -2.23. The molecule has 4 heteroatoms. The molecule has 0 aliphatic carbocycles. The Labute approximate surface area is 93.1 Å². The third-order valence-corrected chi connectivity index (χ3v) is 2.26. The summed E-state index contributed by atoms with van der Waals surface area (Å²) >= 11 is 0. The molecule has 0 saturated carbocycles. The topological polar surface area (TPSA) is 54.3 Å². The molecule has 82 valence electrons. The first-order valence-electron chi connectivity index (χ1n) is 4.94. The molecule has 0 aliphatic heterocycles. The summed E-state index contributed by atoms with van der Waals surface area (Å²) in [4.78, 5) is 11.2. The van der Waals surface area contributed by atoms with Gasteiger partial charge in [-0.05, 0) is 17.7 Å². The largest absolute Gasteiger partial charge is 0.479 e. The molecule has 0 spiro atoms. The van der Waals surface area contributed by atoms with E-state index in [4.69, 9.17) is 5.11 Å². The van der Waals surface area contributed by atoms with Crippen molar-refractivity contribution in [3.63, 3.8) is 0 Å². The number of nitrogens with zero attached hydrogens (tertiary/aromatic N) is 1. The van der Waals surface area contributed by atoms with Gasteiger partial charge in [0.2, 0.25) is 0 Å². The summed E-state index contributed by atoms with van der Waals surface area (Å²) in [5, 5.41) is 9.15. The fourth-order valence-corrected chi connectivity index (χ4v) is 1.49. The molecule has 2 N–H and O–H groups in total. The molecule has 2 aromatic rings. The minimum Gasteiger partial charge on any atom is -0.479 e. The van der Waals surface area contributed by atoms with E-state index in [2.05, 4.69) is 5.43 Å². The van der Waals surface area contributed by atoms with Gasteiger partial charge >= 0.3 is 5.97 Å². The Balaban J connectivity index is 2.22. The monoisotopic (exact) mass is 216 g/mol. The summed E-state index contributed by atoms with van der Waals surface area (Å²) in [5.74, 6) is -0.903. The highest BCUT2D eigenvalue weighted by molar-refractivity contribution is 5.77. The Morgan fingerprint density at radius 1 is 1.12 bits per heavy atom. The van der Waals surface area contributed by atoms with Crippen molar-refractivity contribution in [1.82, 2.24) is 4.68 Å². The van der Waals surface area contributed by atoms with Gasteiger partial charge in [0.05, 0.1) is 0 Å². The van der Waals surface area contributed by atoms with Crippen LogP contribution in [0.5, 0.6) is 0 Å². The highest BCUT2D eigenvalue weighted by Crippen LogP contribution is 2.13. The molecule has 1 unspecified atom stereocenters. The van der Waals surface area contributed by atoms with E-state index in [-0.39, 0.29) is 0 Å². The Kier molecular flexibility index (Phi) is 2.91. The van der Waals surface area contributed by atoms with Crippen LogP contribution in [0.3, 0.4) is 0 Å². The van der Waals surface area contributed by atoms with Crippen molar-refractivity contribution < 1.29 is 9.90 Å². The minimum atomic E-state index is -0.903. The number of aromatic nitrogens is 1. The Morgan fingerprint density at radius 2 is 1.75 bits per heavy atom. The molecular weight excluding hydrogens is 204 g/mol. The molecule has 0 aliphatic rings. The number of hydrogen-bond donors (Lipinski definition) is 2. The molecular formula is C12H12N2O2. The molecule has 1 atom stereocenters. The number of aliphatic carboxylic acids is 1. The Bertz CT molecular complexity index is 451. The molecule has 1 aromatic heterocycles. The molecule has 1 aromatic carbocycles. The van der Waals surface area contributed by atoms with Crippen LogP contribution >= 0.6 is 0 Å². The normalized spacial score (nSPS) is 12.0. The molecule has 0 radical (unpaired) electrons. The van der Waals surface area contributed by atoms with Crippen LogP contribution < -0.4 is 5.43 Å². The van der Waals surface area contributed by atoms with Crippen molar-refractivity contribution in [3.05, 3.63) is 60.4 Å². The van der Waals surface area contributed by atoms with Gasteiger partial charge in [-0.25, -0.2) is 4.79 Å². The molecule has 0 fully saturated rings. The highest BCUT2D eigenvalue weighted by atomic mass is 16.4. The number of carbonyl (C=O) groups is 1. The van der Waals surface area contributed by atoms with Crippen LogP contribution in [0.25, 0.3) is 0 Å². The number of benzene rings is 1. The quantitative estimate of drug-likeness (QED) is 0.820. The van der Waals surface area contributed by atoms with E-state index in [0.29, 0.717) is 0 Å². The van der Waals surface area contributed by atoms with Gasteiger partial charge in [-0.2, -0.15) is 0 Å². The Morgan fingerprint density at radius 3 is 2.31 bits per heavy atom. The second-order valence-electron chi connectivity index (χ2n) is 3.40. The average Bonchev–Trinajstić information content (AvgIpc) is 2.79. The maximum absolute atomic E-state index is 11.2. The van der Waals surface area contributed by atoms with E-state index in [9.17, 15) is 4.79 Å². The zero-order chi connectivity index (χ0) is 11.4. The maximum atomic E-state index is 11.2. The lowest BCUT2D eigenvalue weighted by molar-refractivity contribution is -0.138. The van der Waals surface area contributed by atoms with Crippen LogP contribution in [-0.2, 0) is 4.79 Å². The van der Waals surface area contributed by atoms with Crippen molar-refractivity contribution in [2.45, 2.75) is 6.04 Å². The molecule has 4 nitrogen and oxygen atoms in total. The standard InChI is InChI=1S/C12H12N2O2/c15-12(16)11(10-6-2-1-3-7-10)13-14-8-4-5-9-14/h1-9,11,13H,(H,15,16). The van der Waals surface area contributed by atoms with Crippen molar-refractivity contribution in [2.75, 3.05) is 5.43 Å². The van der Waals surface area contributed by atoms with Crippen LogP contribution in [0.15, 0.2) is 54.9 Å². The van der Waals surface area contributed by atoms with E-state index < -0.39 is 12.0 Å². The van der Waals surface area contributed by atoms with Crippen LogP contribution in [0, 0.1) is 0 Å². The van der Waals surface area contributed by atoms with Crippen molar-refractivity contribution >= 4 is 5.97 Å². The number of carboxylic acid groups (broad SMARTS) is 1. The first kappa shape index (κ1) is 10.3. The molecule has 2 rings (SSSR count). The van der Waals surface area contributed by atoms with Gasteiger partial charge in [0.1, 0.15) is 0 Å². The molecule has 0 saturated heterocycles. The van der Waals surface area contributed by atoms with E-state index >= 15 is 0 Å². The summed E-state index contributed by atoms with van der Waals surface area (Å²) in [6.07, 6.45) is 3.53. The summed E-state index contributed by atoms with van der Waals surface area (Å²) in [6, 6.07) is 12.0. The number of nitrogens with one attached hydrogen (secondary N) is 1. The minimum absolute atomic E-state index is 0.726. The lowest BCUT2D eigenvalue weighted by Gasteiger charge is -2.16. The van der Waals surface area contributed by atoms with Crippen molar-refractivity contribution in [2.24, 2.45) is 0 Å². The van der Waals surface area contributed by atoms with Gasteiger partial charge in [0, 0.05) is 12.4 Å². The molecule has 1 heterocycles. The van der Waals surface area contributed by atoms with Gasteiger partial charge in [-0.3, -0.25) is 4.68 Å². The van der Waals surface area contributed by atoms with E-state index in [1.165, 1.54) is 0 Å². The summed E-state index contributed by atoms with van der Waals surface area (Å²) in [7, 11) is 0. The summed E-state index contributed by atoms with van der Waals surface area (Å²) in [5.41, 5.74) is 3.62. The zero-order valence-corrected chi connectivity index (χ0v) is 8.58. The second kappa shape index (κ2) is 4.53. The van der Waals surface area contributed by atoms with Crippen LogP contribution in [-0.4, -0.2) is 15.8 Å². The van der Waals surface area contributed by atoms with Gasteiger partial charge in [-0.1, -0.05) is 30.3 Å². The second-order valence-corrected chi connectivity index (χ2v) is 3.40. The highest BCUT2D eigenvalue weighted by Gasteiger charge is 2.18. The average molecular weight is 216 g/mol. The van der Waals surface area contributed by atoms with Crippen LogP contribution in [0.2, 0.25) is 0 Å². The van der Waals surface area contributed by atoms with Crippen molar-refractivity contribution in [3.8, 4) is 0 Å². The molecule has 16 heavy (non-hydrogen) atoms. The lowest BCUT2D eigenvalue weighted by atomic mass is 10.1. The van der Waals surface area contributed by atoms with E-state index in [1.54, 1.807) is 29.2 Å². The summed E-state index contributed by atoms with van der Waals surface area (Å²) < 4.78 is 1.63. The zero-order valence-electron chi connectivity index (χ0n) is 8.58. The third kappa shape index (κ3) is 2.23. The predicted octanol–water partition coefficient (Wildman–Crippen LogP) is 1.86. The predicted molar refractivity (Wildman–Crippen MR) is 60.6 cm³/mol. The van der Waals surface area contributed by atoms with Gasteiger partial charge in [0.25, 0.3) is 0 Å². The van der Waals surface area contributed by atoms with Crippen LogP contribution in [0.1, 0.15) is 11.6 Å². The third-order valence-electron chi connectivity index (χ3n) is 2.26. The fraction of sp³-hybridized carbons (Fsp3) is 0.0833. The number of carboxylic acids is 1. The number of rotatable bonds is 4. The SMILES string of the molecule is O=C(O)C(Nn1cccc1)c1ccccc1. The van der Waals surface area contributed by atoms with E-state index in [0.717, 1.165) is 5.56 Å². The van der Waals surface area contributed by atoms with Gasteiger partial charge < -0.3 is 10.5 Å². The number of hydrogen-bond acceptors (Lipinski definition) is 2. The van der Waals surface area contributed by atoms with Gasteiger partial charge in [0.15, 0.2) is 6.04 Å². The first-order valence-corrected chi connectivity index (χ1v) is 4.94. The smallest absolute Gasteiger partial charge is 0.332 e. The summed E-state index contributed by atoms with van der Waals surface area (Å²) in [6.45, 7) is 0. The van der Waals surface area contributed by atoms with Gasteiger partial charge in [-0.15, -0.1) is 0 Å². The van der Waals surface area contributed by atoms with E-state index in [1.807, 2.05) is 30.3 Å². The first-order chi connectivity index (χ1) is 7.77. The molecule has 0 bridgehead atoms. The maximum Gasteiger partial charge on any atom is 0.332 e. The lowest BCUT2D eigenvalue weighted by Crippen LogP contribution is -2.26. The van der Waals surface area contributed by atoms with Crippen LogP contribution in [0.4, 0.5) is 0 Å².